The summed E-state index contributed by atoms with van der Waals surface area (Å²) in [5.41, 5.74) is 0.380. The number of carbonyl (C=O) groups is 1. The van der Waals surface area contributed by atoms with Crippen LogP contribution in [0, 0.1) is 4.77 Å². The Bertz CT molecular complexity index is 1200. The highest BCUT2D eigenvalue weighted by Gasteiger charge is 2.37. The van der Waals surface area contributed by atoms with Gasteiger partial charge in [0.1, 0.15) is 5.56 Å². The summed E-state index contributed by atoms with van der Waals surface area (Å²) in [6, 6.07) is 2.87. The number of ether oxygens (including phenoxy) is 3. The summed E-state index contributed by atoms with van der Waals surface area (Å²) < 4.78 is 19.1. The SMILES string of the molecule is COc1ccc([C@H]2CC(c3c(O)n(C)c(=S)n(C)c3=O)=NN2C(C)=O)c(OC)c1OC. The molecule has 0 unspecified atom stereocenters. The molecular weight excluding hydrogens is 424 g/mol. The van der Waals surface area contributed by atoms with Crippen molar-refractivity contribution in [2.45, 2.75) is 19.4 Å². The molecule has 0 fully saturated rings. The normalized spacial score (nSPS) is 15.6. The van der Waals surface area contributed by atoms with Gasteiger partial charge in [-0.25, -0.2) is 5.01 Å². The quantitative estimate of drug-likeness (QED) is 0.696. The number of amides is 1. The molecule has 166 valence electrons. The number of carbonyl (C=O) groups excluding carboxylic acids is 1. The van der Waals surface area contributed by atoms with Gasteiger partial charge in [-0.2, -0.15) is 5.10 Å². The lowest BCUT2D eigenvalue weighted by atomic mass is 9.97. The second kappa shape index (κ2) is 8.42. The van der Waals surface area contributed by atoms with Crippen LogP contribution in [0.1, 0.15) is 30.5 Å². The Labute approximate surface area is 183 Å². The number of hydrazone groups is 1. The molecule has 0 bridgehead atoms. The Morgan fingerprint density at radius 1 is 1.13 bits per heavy atom. The first-order valence-corrected chi connectivity index (χ1v) is 9.74. The molecular formula is C20H24N4O6S. The topological polar surface area (TPSA) is 108 Å². The third kappa shape index (κ3) is 3.54. The first kappa shape index (κ1) is 22.3. The molecule has 0 saturated carbocycles. The number of nitrogens with zero attached hydrogens (tertiary/aromatic N) is 4. The van der Waals surface area contributed by atoms with Crippen LogP contribution in [0.4, 0.5) is 0 Å². The number of benzene rings is 1. The van der Waals surface area contributed by atoms with Crippen LogP contribution in [0.2, 0.25) is 0 Å². The maximum Gasteiger partial charge on any atom is 0.267 e. The summed E-state index contributed by atoms with van der Waals surface area (Å²) in [4.78, 5) is 25.2. The molecule has 1 N–H and O–H groups in total. The molecule has 0 aliphatic carbocycles. The molecule has 10 nitrogen and oxygen atoms in total. The van der Waals surface area contributed by atoms with Gasteiger partial charge >= 0.3 is 0 Å². The Balaban J connectivity index is 2.19. The van der Waals surface area contributed by atoms with E-state index in [-0.39, 0.29) is 34.3 Å². The lowest BCUT2D eigenvalue weighted by Gasteiger charge is -2.24. The molecule has 0 spiro atoms. The van der Waals surface area contributed by atoms with E-state index in [9.17, 15) is 14.7 Å². The van der Waals surface area contributed by atoms with Gasteiger partial charge in [-0.05, 0) is 24.4 Å². The zero-order valence-corrected chi connectivity index (χ0v) is 18.9. The van der Waals surface area contributed by atoms with E-state index in [4.69, 9.17) is 26.4 Å². The van der Waals surface area contributed by atoms with Gasteiger partial charge in [0.05, 0.1) is 33.1 Å². The van der Waals surface area contributed by atoms with Gasteiger partial charge in [-0.15, -0.1) is 0 Å². The van der Waals surface area contributed by atoms with E-state index in [0.29, 0.717) is 22.8 Å². The average Bonchev–Trinajstić information content (AvgIpc) is 3.20. The minimum Gasteiger partial charge on any atom is -0.494 e. The number of hydrogen-bond donors (Lipinski definition) is 1. The number of rotatable bonds is 5. The molecule has 1 atom stereocenters. The van der Waals surface area contributed by atoms with E-state index in [1.54, 1.807) is 19.2 Å². The summed E-state index contributed by atoms with van der Waals surface area (Å²) in [6.07, 6.45) is 0.172. The van der Waals surface area contributed by atoms with Gasteiger partial charge in [-0.1, -0.05) is 0 Å². The molecule has 0 radical (unpaired) electrons. The largest absolute Gasteiger partial charge is 0.494 e. The molecule has 2 heterocycles. The van der Waals surface area contributed by atoms with Crippen LogP contribution >= 0.6 is 12.2 Å². The van der Waals surface area contributed by atoms with Crippen LogP contribution in [-0.2, 0) is 18.9 Å². The smallest absolute Gasteiger partial charge is 0.267 e. The van der Waals surface area contributed by atoms with E-state index in [0.717, 1.165) is 0 Å². The summed E-state index contributed by atoms with van der Waals surface area (Å²) in [7, 11) is 7.55. The predicted octanol–water partition coefficient (Wildman–Crippen LogP) is 1.88. The second-order valence-electron chi connectivity index (χ2n) is 6.96. The number of hydrogen-bond acceptors (Lipinski definition) is 8. The molecule has 11 heteroatoms. The molecule has 1 aliphatic heterocycles. The van der Waals surface area contributed by atoms with Crippen molar-refractivity contribution in [3.63, 3.8) is 0 Å². The highest BCUT2D eigenvalue weighted by Crippen LogP contribution is 2.46. The van der Waals surface area contributed by atoms with Gasteiger partial charge < -0.3 is 19.3 Å². The minimum atomic E-state index is -0.583. The van der Waals surface area contributed by atoms with E-state index >= 15 is 0 Å². The Hall–Kier alpha value is -3.34. The highest BCUT2D eigenvalue weighted by atomic mass is 32.1. The van der Waals surface area contributed by atoms with Crippen LogP contribution in [0.15, 0.2) is 22.0 Å². The van der Waals surface area contributed by atoms with Crippen molar-refractivity contribution in [2.24, 2.45) is 19.2 Å². The van der Waals surface area contributed by atoms with Gasteiger partial charge in [0.25, 0.3) is 5.56 Å². The Morgan fingerprint density at radius 3 is 2.32 bits per heavy atom. The van der Waals surface area contributed by atoms with Gasteiger partial charge in [0.2, 0.25) is 17.5 Å². The fourth-order valence-corrected chi connectivity index (χ4v) is 3.84. The molecule has 1 aliphatic rings. The first-order valence-electron chi connectivity index (χ1n) is 9.33. The van der Waals surface area contributed by atoms with Crippen molar-refractivity contribution < 1.29 is 24.1 Å². The molecule has 1 aromatic heterocycles. The zero-order valence-electron chi connectivity index (χ0n) is 18.1. The summed E-state index contributed by atoms with van der Waals surface area (Å²) in [6.45, 7) is 1.37. The Kier molecular flexibility index (Phi) is 6.07. The van der Waals surface area contributed by atoms with Crippen molar-refractivity contribution in [1.82, 2.24) is 14.1 Å². The molecule has 2 aromatic rings. The fraction of sp³-hybridized carbons (Fsp3) is 0.400. The van der Waals surface area contributed by atoms with Gasteiger partial charge in [0.15, 0.2) is 16.3 Å². The summed E-state index contributed by atoms with van der Waals surface area (Å²) >= 11 is 5.17. The third-order valence-corrected chi connectivity index (χ3v) is 5.80. The number of methoxy groups -OCH3 is 3. The van der Waals surface area contributed by atoms with Crippen molar-refractivity contribution in [3.8, 4) is 23.1 Å². The standard InChI is InChI=1S/C20H24N4O6S/c1-10(25)24-13(11-7-8-14(28-4)17(30-6)16(11)29-5)9-12(21-24)15-18(26)22(2)20(31)23(3)19(15)27/h7-8,13,26H,9H2,1-6H3/t13-/m1/s1. The van der Waals surface area contributed by atoms with Crippen molar-refractivity contribution in [2.75, 3.05) is 21.3 Å². The Morgan fingerprint density at radius 2 is 1.77 bits per heavy atom. The van der Waals surface area contributed by atoms with Gasteiger partial charge in [0, 0.05) is 33.0 Å². The molecule has 3 rings (SSSR count). The molecule has 31 heavy (non-hydrogen) atoms. The first-order chi connectivity index (χ1) is 14.7. The lowest BCUT2D eigenvalue weighted by Crippen LogP contribution is -2.28. The molecule has 1 amide bonds. The molecule has 0 saturated heterocycles. The van der Waals surface area contributed by atoms with Crippen molar-refractivity contribution >= 4 is 23.8 Å². The lowest BCUT2D eigenvalue weighted by molar-refractivity contribution is -0.130. The summed E-state index contributed by atoms with van der Waals surface area (Å²) in [5.74, 6) is 0.585. The van der Waals surface area contributed by atoms with Crippen LogP contribution in [0.3, 0.4) is 0 Å². The van der Waals surface area contributed by atoms with Crippen LogP contribution in [-0.4, -0.2) is 52.2 Å². The van der Waals surface area contributed by atoms with Gasteiger partial charge in [-0.3, -0.25) is 18.7 Å². The van der Waals surface area contributed by atoms with E-state index < -0.39 is 11.6 Å². The highest BCUT2D eigenvalue weighted by molar-refractivity contribution is 7.71. The van der Waals surface area contributed by atoms with Crippen LogP contribution < -0.4 is 19.8 Å². The average molecular weight is 449 g/mol. The van der Waals surface area contributed by atoms with Crippen LogP contribution in [0.5, 0.6) is 23.1 Å². The maximum absolute atomic E-state index is 12.9. The van der Waals surface area contributed by atoms with Crippen molar-refractivity contribution in [3.05, 3.63) is 38.4 Å². The number of aromatic hydroxyl groups is 1. The maximum atomic E-state index is 12.9. The monoisotopic (exact) mass is 448 g/mol. The zero-order chi connectivity index (χ0) is 23.0. The second-order valence-corrected chi connectivity index (χ2v) is 7.32. The van der Waals surface area contributed by atoms with Crippen molar-refractivity contribution in [1.29, 1.82) is 0 Å². The van der Waals surface area contributed by atoms with E-state index in [2.05, 4.69) is 5.10 Å². The van der Waals surface area contributed by atoms with Crippen LogP contribution in [0.25, 0.3) is 0 Å². The van der Waals surface area contributed by atoms with E-state index in [1.807, 2.05) is 0 Å². The molecule has 1 aromatic carbocycles. The minimum absolute atomic E-state index is 0.00760. The predicted molar refractivity (Wildman–Crippen MR) is 116 cm³/mol. The fourth-order valence-electron chi connectivity index (χ4n) is 3.67. The number of aromatic nitrogens is 2. The summed E-state index contributed by atoms with van der Waals surface area (Å²) in [5, 5.41) is 16.3. The third-order valence-electron chi connectivity index (χ3n) is 5.25. The van der Waals surface area contributed by atoms with E-state index in [1.165, 1.54) is 49.4 Å².